The van der Waals surface area contributed by atoms with Crippen molar-refractivity contribution in [1.29, 1.82) is 0 Å². The fourth-order valence-electron chi connectivity index (χ4n) is 1.55. The second-order valence-corrected chi connectivity index (χ2v) is 4.06. The zero-order valence-electron chi connectivity index (χ0n) is 10.3. The van der Waals surface area contributed by atoms with Crippen molar-refractivity contribution in [2.24, 2.45) is 5.16 Å². The molecule has 0 atom stereocenters. The molecule has 0 aromatic heterocycles. The lowest BCUT2D eigenvalue weighted by atomic mass is 10.1. The number of hydrogen-bond acceptors (Lipinski definition) is 3. The average molecular weight is 240 g/mol. The largest absolute Gasteiger partial charge is 0.399 e. The van der Waals surface area contributed by atoms with Crippen LogP contribution in [-0.2, 0) is 11.4 Å². The molecular weight excluding hydrogens is 224 g/mol. The van der Waals surface area contributed by atoms with Crippen molar-refractivity contribution in [3.63, 3.8) is 0 Å². The van der Waals surface area contributed by atoms with Crippen LogP contribution in [0.4, 0.5) is 5.69 Å². The number of benzene rings is 2. The van der Waals surface area contributed by atoms with E-state index in [9.17, 15) is 0 Å². The molecule has 0 aliphatic rings. The third-order valence-electron chi connectivity index (χ3n) is 2.60. The van der Waals surface area contributed by atoms with Gasteiger partial charge in [0.15, 0.2) is 0 Å². The van der Waals surface area contributed by atoms with Gasteiger partial charge in [-0.25, -0.2) is 0 Å². The Morgan fingerprint density at radius 3 is 2.39 bits per heavy atom. The first-order valence-corrected chi connectivity index (χ1v) is 5.82. The zero-order chi connectivity index (χ0) is 12.8. The zero-order valence-corrected chi connectivity index (χ0v) is 10.3. The third kappa shape index (κ3) is 3.35. The molecule has 0 heterocycles. The van der Waals surface area contributed by atoms with Crippen LogP contribution < -0.4 is 5.73 Å². The van der Waals surface area contributed by atoms with Crippen molar-refractivity contribution in [2.45, 2.75) is 13.5 Å². The van der Waals surface area contributed by atoms with Gasteiger partial charge in [-0.2, -0.15) is 0 Å². The molecule has 2 rings (SSSR count). The molecule has 0 fully saturated rings. The van der Waals surface area contributed by atoms with E-state index in [1.54, 1.807) is 0 Å². The van der Waals surface area contributed by atoms with Crippen LogP contribution in [0.2, 0.25) is 0 Å². The van der Waals surface area contributed by atoms with E-state index >= 15 is 0 Å². The summed E-state index contributed by atoms with van der Waals surface area (Å²) in [6.45, 7) is 2.39. The van der Waals surface area contributed by atoms with E-state index in [1.807, 2.05) is 61.5 Å². The molecule has 3 heteroatoms. The van der Waals surface area contributed by atoms with E-state index in [1.165, 1.54) is 0 Å². The van der Waals surface area contributed by atoms with Gasteiger partial charge in [0.2, 0.25) is 0 Å². The first kappa shape index (κ1) is 12.2. The van der Waals surface area contributed by atoms with E-state index in [2.05, 4.69) is 5.16 Å². The molecule has 3 nitrogen and oxygen atoms in total. The molecular formula is C15H16N2O. The smallest absolute Gasteiger partial charge is 0.142 e. The van der Waals surface area contributed by atoms with Gasteiger partial charge in [0, 0.05) is 5.69 Å². The van der Waals surface area contributed by atoms with Crippen molar-refractivity contribution in [3.8, 4) is 0 Å². The van der Waals surface area contributed by atoms with Crippen LogP contribution in [0.1, 0.15) is 18.1 Å². The highest BCUT2D eigenvalue weighted by Gasteiger charge is 1.97. The summed E-state index contributed by atoms with van der Waals surface area (Å²) in [5.74, 6) is 0. The Morgan fingerprint density at radius 2 is 1.72 bits per heavy atom. The van der Waals surface area contributed by atoms with Crippen LogP contribution in [0, 0.1) is 0 Å². The number of rotatable bonds is 4. The topological polar surface area (TPSA) is 47.6 Å². The Morgan fingerprint density at radius 1 is 1.06 bits per heavy atom. The maximum absolute atomic E-state index is 5.63. The number of anilines is 1. The van der Waals surface area contributed by atoms with Crippen LogP contribution in [-0.4, -0.2) is 5.71 Å². The van der Waals surface area contributed by atoms with Crippen LogP contribution in [0.15, 0.2) is 59.8 Å². The molecule has 0 saturated heterocycles. The third-order valence-corrected chi connectivity index (χ3v) is 2.60. The number of hydrogen-bond donors (Lipinski definition) is 1. The molecule has 2 aromatic rings. The minimum Gasteiger partial charge on any atom is -0.399 e. The van der Waals surface area contributed by atoms with Gasteiger partial charge in [-0.1, -0.05) is 47.6 Å². The SMILES string of the molecule is C/C(=N/OCc1ccccc1)c1ccc(N)cc1. The van der Waals surface area contributed by atoms with Crippen molar-refractivity contribution < 1.29 is 4.84 Å². The molecule has 92 valence electrons. The van der Waals surface area contributed by atoms with Crippen molar-refractivity contribution >= 4 is 11.4 Å². The molecule has 2 N–H and O–H groups in total. The van der Waals surface area contributed by atoms with Gasteiger partial charge in [-0.15, -0.1) is 0 Å². The highest BCUT2D eigenvalue weighted by molar-refractivity contribution is 5.98. The lowest BCUT2D eigenvalue weighted by Crippen LogP contribution is -1.97. The minimum atomic E-state index is 0.479. The second kappa shape index (κ2) is 5.87. The van der Waals surface area contributed by atoms with Crippen LogP contribution in [0.3, 0.4) is 0 Å². The van der Waals surface area contributed by atoms with Gasteiger partial charge in [-0.05, 0) is 30.2 Å². The predicted octanol–water partition coefficient (Wildman–Crippen LogP) is 3.21. The normalized spacial score (nSPS) is 11.3. The van der Waals surface area contributed by atoms with E-state index in [-0.39, 0.29) is 0 Å². The van der Waals surface area contributed by atoms with Crippen molar-refractivity contribution in [3.05, 3.63) is 65.7 Å². The molecule has 0 spiro atoms. The van der Waals surface area contributed by atoms with Gasteiger partial charge >= 0.3 is 0 Å². The Hall–Kier alpha value is -2.29. The molecule has 0 unspecified atom stereocenters. The Bertz CT molecular complexity index is 518. The standard InChI is InChI=1S/C15H16N2O/c1-12(14-7-9-15(16)10-8-14)17-18-11-13-5-3-2-4-6-13/h2-10H,11,16H2,1H3/b17-12-. The number of nitrogens with zero attached hydrogens (tertiary/aromatic N) is 1. The van der Waals surface area contributed by atoms with Gasteiger partial charge < -0.3 is 10.6 Å². The molecule has 0 aliphatic carbocycles. The summed E-state index contributed by atoms with van der Waals surface area (Å²) in [6, 6.07) is 17.5. The molecule has 0 bridgehead atoms. The summed E-state index contributed by atoms with van der Waals surface area (Å²) in [4.78, 5) is 5.32. The van der Waals surface area contributed by atoms with Gasteiger partial charge in [0.05, 0.1) is 5.71 Å². The number of nitrogen functional groups attached to an aromatic ring is 1. The molecule has 0 amide bonds. The van der Waals surface area contributed by atoms with E-state index in [0.717, 1.165) is 22.5 Å². The minimum absolute atomic E-state index is 0.479. The first-order valence-electron chi connectivity index (χ1n) is 5.82. The summed E-state index contributed by atoms with van der Waals surface area (Å²) < 4.78 is 0. The fourth-order valence-corrected chi connectivity index (χ4v) is 1.55. The summed E-state index contributed by atoms with van der Waals surface area (Å²) in [6.07, 6.45) is 0. The van der Waals surface area contributed by atoms with E-state index in [4.69, 9.17) is 10.6 Å². The quantitative estimate of drug-likeness (QED) is 0.507. The molecule has 0 aliphatic heterocycles. The highest BCUT2D eigenvalue weighted by Crippen LogP contribution is 2.07. The molecule has 0 radical (unpaired) electrons. The summed E-state index contributed by atoms with van der Waals surface area (Å²) in [7, 11) is 0. The molecule has 18 heavy (non-hydrogen) atoms. The predicted molar refractivity (Wildman–Crippen MR) is 74.3 cm³/mol. The number of oxime groups is 1. The van der Waals surface area contributed by atoms with Crippen molar-refractivity contribution in [1.82, 2.24) is 0 Å². The Labute approximate surface area is 107 Å². The maximum atomic E-state index is 5.63. The van der Waals surface area contributed by atoms with Crippen LogP contribution in [0.25, 0.3) is 0 Å². The van der Waals surface area contributed by atoms with Gasteiger partial charge in [-0.3, -0.25) is 0 Å². The van der Waals surface area contributed by atoms with Crippen LogP contribution >= 0.6 is 0 Å². The number of nitrogens with two attached hydrogens (primary N) is 1. The van der Waals surface area contributed by atoms with Gasteiger partial charge in [0.1, 0.15) is 6.61 Å². The Balaban J connectivity index is 1.95. The lowest BCUT2D eigenvalue weighted by Gasteiger charge is -2.03. The van der Waals surface area contributed by atoms with E-state index in [0.29, 0.717) is 6.61 Å². The monoisotopic (exact) mass is 240 g/mol. The van der Waals surface area contributed by atoms with Crippen molar-refractivity contribution in [2.75, 3.05) is 5.73 Å². The fraction of sp³-hybridized carbons (Fsp3) is 0.133. The summed E-state index contributed by atoms with van der Waals surface area (Å²) >= 11 is 0. The highest BCUT2D eigenvalue weighted by atomic mass is 16.6. The maximum Gasteiger partial charge on any atom is 0.142 e. The first-order chi connectivity index (χ1) is 8.75. The van der Waals surface area contributed by atoms with Crippen LogP contribution in [0.5, 0.6) is 0 Å². The second-order valence-electron chi connectivity index (χ2n) is 4.06. The van der Waals surface area contributed by atoms with E-state index < -0.39 is 0 Å². The Kier molecular flexibility index (Phi) is 3.97. The summed E-state index contributed by atoms with van der Waals surface area (Å²) in [5, 5.41) is 4.10. The summed E-state index contributed by atoms with van der Waals surface area (Å²) in [5.41, 5.74) is 9.33. The van der Waals surface area contributed by atoms with Gasteiger partial charge in [0.25, 0.3) is 0 Å². The molecule has 0 saturated carbocycles. The molecule has 2 aromatic carbocycles. The average Bonchev–Trinajstić information content (AvgIpc) is 2.40. The lowest BCUT2D eigenvalue weighted by molar-refractivity contribution is 0.130.